The zero-order chi connectivity index (χ0) is 8.69. The molecule has 0 unspecified atom stereocenters. The first kappa shape index (κ1) is 9.49. The van der Waals surface area contributed by atoms with Crippen LogP contribution in [0.3, 0.4) is 0 Å². The molecule has 0 aromatic heterocycles. The maximum Gasteiger partial charge on any atom is 0.316 e. The molecule has 0 aliphatic heterocycles. The predicted octanol–water partition coefficient (Wildman–Crippen LogP) is 1.30. The Hall–Kier alpha value is -1.51. The zero-order valence-electron chi connectivity index (χ0n) is 6.50. The average Bonchev–Trinajstić information content (AvgIpc) is 1.97. The highest BCUT2D eigenvalue weighted by atomic mass is 16.2. The van der Waals surface area contributed by atoms with Crippen LogP contribution in [-0.4, -0.2) is 6.03 Å². The van der Waals surface area contributed by atoms with E-state index in [0.717, 1.165) is 0 Å². The van der Waals surface area contributed by atoms with Crippen molar-refractivity contribution in [2.75, 3.05) is 0 Å². The Morgan fingerprint density at radius 2 is 2.27 bits per heavy atom. The summed E-state index contributed by atoms with van der Waals surface area (Å²) in [4.78, 5) is 10.3. The van der Waals surface area contributed by atoms with Crippen LogP contribution in [0.25, 0.3) is 0 Å². The van der Waals surface area contributed by atoms with Gasteiger partial charge < -0.3 is 11.1 Å². The fourth-order valence-corrected chi connectivity index (χ4v) is 0.503. The van der Waals surface area contributed by atoms with Gasteiger partial charge in [0.25, 0.3) is 0 Å². The maximum absolute atomic E-state index is 10.3. The summed E-state index contributed by atoms with van der Waals surface area (Å²) in [6.07, 6.45) is 6.85. The predicted molar refractivity (Wildman–Crippen MR) is 45.8 cm³/mol. The summed E-state index contributed by atoms with van der Waals surface area (Å²) in [5.74, 6) is 0. The number of allylic oxidation sites excluding steroid dienone is 4. The van der Waals surface area contributed by atoms with Gasteiger partial charge in [-0.15, -0.1) is 0 Å². The molecule has 2 amide bonds. The standard InChI is InChI=1S/C8H12N2O/c1-3-5-6-7(4-2)10-8(9)11/h3-6H,2H2,1H3,(H3,9,10,11)/b5-3-,7-6+. The smallest absolute Gasteiger partial charge is 0.316 e. The summed E-state index contributed by atoms with van der Waals surface area (Å²) in [7, 11) is 0. The van der Waals surface area contributed by atoms with E-state index in [1.165, 1.54) is 6.08 Å². The molecule has 60 valence electrons. The summed E-state index contributed by atoms with van der Waals surface area (Å²) in [6.45, 7) is 5.37. The molecule has 0 rings (SSSR count). The summed E-state index contributed by atoms with van der Waals surface area (Å²) in [6, 6.07) is -0.583. The van der Waals surface area contributed by atoms with Crippen molar-refractivity contribution in [2.24, 2.45) is 5.73 Å². The lowest BCUT2D eigenvalue weighted by atomic mass is 10.3. The van der Waals surface area contributed by atoms with Gasteiger partial charge in [-0.2, -0.15) is 0 Å². The lowest BCUT2D eigenvalue weighted by Gasteiger charge is -1.98. The normalized spacial score (nSPS) is 11.5. The van der Waals surface area contributed by atoms with Crippen LogP contribution in [0.5, 0.6) is 0 Å². The molecular formula is C8H12N2O. The van der Waals surface area contributed by atoms with Crippen molar-refractivity contribution in [3.05, 3.63) is 36.6 Å². The molecule has 0 aliphatic carbocycles. The highest BCUT2D eigenvalue weighted by Gasteiger charge is 1.91. The highest BCUT2D eigenvalue weighted by Crippen LogP contribution is 1.89. The maximum atomic E-state index is 10.3. The van der Waals surface area contributed by atoms with Gasteiger partial charge in [-0.05, 0) is 19.1 Å². The van der Waals surface area contributed by atoms with E-state index in [4.69, 9.17) is 5.73 Å². The first-order chi connectivity index (χ1) is 5.20. The van der Waals surface area contributed by atoms with Gasteiger partial charge in [0, 0.05) is 5.70 Å². The zero-order valence-corrected chi connectivity index (χ0v) is 6.50. The average molecular weight is 152 g/mol. The van der Waals surface area contributed by atoms with Crippen LogP contribution in [0, 0.1) is 0 Å². The van der Waals surface area contributed by atoms with Crippen LogP contribution in [0.2, 0.25) is 0 Å². The van der Waals surface area contributed by atoms with Crippen molar-refractivity contribution in [1.82, 2.24) is 5.32 Å². The SMILES string of the molecule is C=C/C(=C\C=C/C)NC(N)=O. The fraction of sp³-hybridized carbons (Fsp3) is 0.125. The number of carbonyl (C=O) groups is 1. The van der Waals surface area contributed by atoms with Crippen molar-refractivity contribution in [3.8, 4) is 0 Å². The Kier molecular flexibility index (Phi) is 4.56. The molecule has 3 nitrogen and oxygen atoms in total. The lowest BCUT2D eigenvalue weighted by molar-refractivity contribution is 0.251. The molecule has 0 fully saturated rings. The number of hydrogen-bond donors (Lipinski definition) is 2. The van der Waals surface area contributed by atoms with Crippen molar-refractivity contribution >= 4 is 6.03 Å². The van der Waals surface area contributed by atoms with Gasteiger partial charge in [-0.1, -0.05) is 18.7 Å². The van der Waals surface area contributed by atoms with Crippen LogP contribution in [0.4, 0.5) is 4.79 Å². The molecule has 0 aromatic rings. The number of nitrogens with two attached hydrogens (primary N) is 1. The molecule has 0 atom stereocenters. The molecule has 0 radical (unpaired) electrons. The highest BCUT2D eigenvalue weighted by molar-refractivity contribution is 5.74. The number of urea groups is 1. The number of amides is 2. The summed E-state index contributed by atoms with van der Waals surface area (Å²) in [5, 5.41) is 2.40. The number of primary amides is 1. The van der Waals surface area contributed by atoms with E-state index in [1.807, 2.05) is 13.0 Å². The second kappa shape index (κ2) is 5.29. The molecule has 0 bridgehead atoms. The minimum atomic E-state index is -0.583. The van der Waals surface area contributed by atoms with Gasteiger partial charge >= 0.3 is 6.03 Å². The van der Waals surface area contributed by atoms with Gasteiger partial charge in [-0.3, -0.25) is 0 Å². The Morgan fingerprint density at radius 3 is 2.64 bits per heavy atom. The van der Waals surface area contributed by atoms with E-state index in [2.05, 4.69) is 11.9 Å². The van der Waals surface area contributed by atoms with E-state index in [9.17, 15) is 4.79 Å². The minimum absolute atomic E-state index is 0.583. The molecule has 0 saturated carbocycles. The molecule has 0 spiro atoms. The summed E-state index contributed by atoms with van der Waals surface area (Å²) >= 11 is 0. The van der Waals surface area contributed by atoms with Crippen molar-refractivity contribution < 1.29 is 4.79 Å². The van der Waals surface area contributed by atoms with E-state index >= 15 is 0 Å². The lowest BCUT2D eigenvalue weighted by Crippen LogP contribution is -2.27. The molecule has 0 aromatic carbocycles. The van der Waals surface area contributed by atoms with Crippen molar-refractivity contribution in [2.45, 2.75) is 6.92 Å². The second-order valence-corrected chi connectivity index (χ2v) is 1.84. The Labute approximate surface area is 66.3 Å². The van der Waals surface area contributed by atoms with E-state index < -0.39 is 6.03 Å². The third-order valence-electron chi connectivity index (χ3n) is 0.956. The van der Waals surface area contributed by atoms with Crippen LogP contribution in [-0.2, 0) is 0 Å². The molecular weight excluding hydrogens is 140 g/mol. The van der Waals surface area contributed by atoms with Crippen LogP contribution in [0.1, 0.15) is 6.92 Å². The largest absolute Gasteiger partial charge is 0.351 e. The van der Waals surface area contributed by atoms with Gasteiger partial charge in [0.2, 0.25) is 0 Å². The Morgan fingerprint density at radius 1 is 1.64 bits per heavy atom. The summed E-state index contributed by atoms with van der Waals surface area (Å²) in [5.41, 5.74) is 5.47. The minimum Gasteiger partial charge on any atom is -0.351 e. The first-order valence-electron chi connectivity index (χ1n) is 3.22. The van der Waals surface area contributed by atoms with Crippen molar-refractivity contribution in [1.29, 1.82) is 0 Å². The number of hydrogen-bond acceptors (Lipinski definition) is 1. The molecule has 0 saturated heterocycles. The number of carbonyl (C=O) groups excluding carboxylic acids is 1. The first-order valence-corrected chi connectivity index (χ1v) is 3.22. The quantitative estimate of drug-likeness (QED) is 0.588. The Bertz CT molecular complexity index is 204. The monoisotopic (exact) mass is 152 g/mol. The third-order valence-corrected chi connectivity index (χ3v) is 0.956. The summed E-state index contributed by atoms with van der Waals surface area (Å²) < 4.78 is 0. The van der Waals surface area contributed by atoms with E-state index in [1.54, 1.807) is 12.2 Å². The molecule has 0 aliphatic rings. The second-order valence-electron chi connectivity index (χ2n) is 1.84. The van der Waals surface area contributed by atoms with Gasteiger partial charge in [-0.25, -0.2) is 4.79 Å². The van der Waals surface area contributed by atoms with Gasteiger partial charge in [0.05, 0.1) is 0 Å². The van der Waals surface area contributed by atoms with Crippen LogP contribution in [0.15, 0.2) is 36.6 Å². The van der Waals surface area contributed by atoms with Crippen LogP contribution >= 0.6 is 0 Å². The van der Waals surface area contributed by atoms with Crippen LogP contribution < -0.4 is 11.1 Å². The number of rotatable bonds is 3. The molecule has 3 N–H and O–H groups in total. The molecule has 3 heteroatoms. The van der Waals surface area contributed by atoms with Gasteiger partial charge in [0.15, 0.2) is 0 Å². The Balaban J connectivity index is 4.15. The fourth-order valence-electron chi connectivity index (χ4n) is 0.503. The van der Waals surface area contributed by atoms with Gasteiger partial charge in [0.1, 0.15) is 0 Å². The van der Waals surface area contributed by atoms with E-state index in [-0.39, 0.29) is 0 Å². The number of nitrogens with one attached hydrogen (secondary N) is 1. The molecule has 11 heavy (non-hydrogen) atoms. The third kappa shape index (κ3) is 4.96. The topological polar surface area (TPSA) is 55.1 Å². The van der Waals surface area contributed by atoms with E-state index in [0.29, 0.717) is 5.70 Å². The van der Waals surface area contributed by atoms with Crippen molar-refractivity contribution in [3.63, 3.8) is 0 Å². The molecule has 0 heterocycles.